The number of nitrogens with one attached hydrogen (secondary N) is 1. The highest BCUT2D eigenvalue weighted by Crippen LogP contribution is 2.31. The lowest BCUT2D eigenvalue weighted by atomic mass is 9.81. The molecular weight excluding hydrogens is 208 g/mol. The summed E-state index contributed by atoms with van der Waals surface area (Å²) in [4.78, 5) is 0. The number of hydrogen-bond donors (Lipinski definition) is 1. The average molecular weight is 228 g/mol. The van der Waals surface area contributed by atoms with E-state index in [1.807, 2.05) is 25.1 Å². The van der Waals surface area contributed by atoms with Crippen LogP contribution in [0.4, 0.5) is 5.69 Å². The molecule has 1 aliphatic rings. The Morgan fingerprint density at radius 2 is 2.24 bits per heavy atom. The molecule has 1 saturated carbocycles. The first-order valence-corrected chi connectivity index (χ1v) is 6.47. The summed E-state index contributed by atoms with van der Waals surface area (Å²) < 4.78 is 0. The van der Waals surface area contributed by atoms with Gasteiger partial charge in [-0.15, -0.1) is 0 Å². The van der Waals surface area contributed by atoms with Crippen molar-refractivity contribution in [1.82, 2.24) is 0 Å². The van der Waals surface area contributed by atoms with E-state index in [0.29, 0.717) is 6.04 Å². The molecule has 0 bridgehead atoms. The summed E-state index contributed by atoms with van der Waals surface area (Å²) in [6.45, 7) is 4.20. The molecule has 0 amide bonds. The lowest BCUT2D eigenvalue weighted by molar-refractivity contribution is 0.286. The van der Waals surface area contributed by atoms with E-state index in [2.05, 4.69) is 18.3 Å². The van der Waals surface area contributed by atoms with Crippen molar-refractivity contribution in [2.45, 2.75) is 45.6 Å². The number of hydrogen-bond acceptors (Lipinski definition) is 2. The molecule has 0 spiro atoms. The first-order chi connectivity index (χ1) is 8.20. The van der Waals surface area contributed by atoms with Crippen LogP contribution in [0.5, 0.6) is 0 Å². The Kier molecular flexibility index (Phi) is 3.68. The fourth-order valence-electron chi connectivity index (χ4n) is 2.49. The van der Waals surface area contributed by atoms with Gasteiger partial charge in [-0.3, -0.25) is 0 Å². The van der Waals surface area contributed by atoms with Gasteiger partial charge in [-0.2, -0.15) is 5.26 Å². The van der Waals surface area contributed by atoms with Crippen molar-refractivity contribution in [2.75, 3.05) is 5.32 Å². The zero-order valence-corrected chi connectivity index (χ0v) is 10.7. The minimum atomic E-state index is 0.453. The summed E-state index contributed by atoms with van der Waals surface area (Å²) in [5.74, 6) is 0.896. The molecule has 90 valence electrons. The minimum Gasteiger partial charge on any atom is -0.382 e. The topological polar surface area (TPSA) is 35.8 Å². The maximum Gasteiger partial charge on any atom is 0.102 e. The van der Waals surface area contributed by atoms with Crippen molar-refractivity contribution < 1.29 is 0 Å². The molecule has 2 heteroatoms. The van der Waals surface area contributed by atoms with Gasteiger partial charge in [0.05, 0.1) is 11.3 Å². The molecule has 0 aliphatic heterocycles. The first-order valence-electron chi connectivity index (χ1n) is 6.47. The molecule has 1 atom stereocenters. The molecule has 2 nitrogen and oxygen atoms in total. The SMILES string of the molecule is Cc1cccc(NC(C)CC2CCC2)c1C#N. The number of nitrogens with zero attached hydrogens (tertiary/aromatic N) is 1. The normalized spacial score (nSPS) is 17.0. The Hall–Kier alpha value is -1.49. The van der Waals surface area contributed by atoms with E-state index < -0.39 is 0 Å². The van der Waals surface area contributed by atoms with Crippen LogP contribution in [0, 0.1) is 24.2 Å². The molecule has 1 aliphatic carbocycles. The van der Waals surface area contributed by atoms with E-state index in [0.717, 1.165) is 22.7 Å². The summed E-state index contributed by atoms with van der Waals surface area (Å²) in [5.41, 5.74) is 2.82. The number of rotatable bonds is 4. The highest BCUT2D eigenvalue weighted by Gasteiger charge is 2.20. The predicted molar refractivity (Wildman–Crippen MR) is 70.9 cm³/mol. The van der Waals surface area contributed by atoms with Crippen LogP contribution in [0.1, 0.15) is 43.7 Å². The Labute approximate surface area is 104 Å². The molecular formula is C15H20N2. The van der Waals surface area contributed by atoms with E-state index in [1.165, 1.54) is 25.7 Å². The van der Waals surface area contributed by atoms with Crippen LogP contribution in [0.2, 0.25) is 0 Å². The van der Waals surface area contributed by atoms with E-state index >= 15 is 0 Å². The molecule has 0 saturated heterocycles. The van der Waals surface area contributed by atoms with Crippen LogP contribution >= 0.6 is 0 Å². The second kappa shape index (κ2) is 5.23. The smallest absolute Gasteiger partial charge is 0.102 e. The third-order valence-corrected chi connectivity index (χ3v) is 3.70. The lowest BCUT2D eigenvalue weighted by Crippen LogP contribution is -2.23. The summed E-state index contributed by atoms with van der Waals surface area (Å²) in [6.07, 6.45) is 5.37. The molecule has 0 aromatic heterocycles. The van der Waals surface area contributed by atoms with Crippen molar-refractivity contribution in [3.63, 3.8) is 0 Å². The largest absolute Gasteiger partial charge is 0.382 e. The second-order valence-corrected chi connectivity index (χ2v) is 5.19. The highest BCUT2D eigenvalue weighted by atomic mass is 14.9. The van der Waals surface area contributed by atoms with Gasteiger partial charge in [-0.05, 0) is 37.8 Å². The second-order valence-electron chi connectivity index (χ2n) is 5.19. The van der Waals surface area contributed by atoms with Crippen LogP contribution in [-0.4, -0.2) is 6.04 Å². The highest BCUT2D eigenvalue weighted by molar-refractivity contribution is 5.60. The molecule has 1 fully saturated rings. The summed E-state index contributed by atoms with van der Waals surface area (Å²) in [7, 11) is 0. The Morgan fingerprint density at radius 1 is 1.47 bits per heavy atom. The monoisotopic (exact) mass is 228 g/mol. The quantitative estimate of drug-likeness (QED) is 0.849. The number of anilines is 1. The van der Waals surface area contributed by atoms with Crippen molar-refractivity contribution in [2.24, 2.45) is 5.92 Å². The zero-order chi connectivity index (χ0) is 12.3. The van der Waals surface area contributed by atoms with Crippen molar-refractivity contribution >= 4 is 5.69 Å². The molecule has 0 radical (unpaired) electrons. The third-order valence-electron chi connectivity index (χ3n) is 3.70. The van der Waals surface area contributed by atoms with Gasteiger partial charge in [0.15, 0.2) is 0 Å². The van der Waals surface area contributed by atoms with Crippen LogP contribution in [0.15, 0.2) is 18.2 Å². The number of benzene rings is 1. The maximum absolute atomic E-state index is 9.16. The van der Waals surface area contributed by atoms with E-state index in [-0.39, 0.29) is 0 Å². The molecule has 1 aromatic rings. The van der Waals surface area contributed by atoms with Crippen LogP contribution in [0.25, 0.3) is 0 Å². The standard InChI is InChI=1S/C15H20N2/c1-11-5-3-8-15(14(11)10-16)17-12(2)9-13-6-4-7-13/h3,5,8,12-13,17H,4,6-7,9H2,1-2H3. The van der Waals surface area contributed by atoms with Crippen LogP contribution < -0.4 is 5.32 Å². The van der Waals surface area contributed by atoms with Crippen LogP contribution in [0.3, 0.4) is 0 Å². The van der Waals surface area contributed by atoms with Crippen molar-refractivity contribution in [3.05, 3.63) is 29.3 Å². The van der Waals surface area contributed by atoms with Gasteiger partial charge in [0.1, 0.15) is 6.07 Å². The molecule has 1 aromatic carbocycles. The molecule has 0 heterocycles. The molecule has 17 heavy (non-hydrogen) atoms. The van der Waals surface area contributed by atoms with E-state index in [9.17, 15) is 0 Å². The fourth-order valence-corrected chi connectivity index (χ4v) is 2.49. The lowest BCUT2D eigenvalue weighted by Gasteiger charge is -2.29. The third kappa shape index (κ3) is 2.79. The van der Waals surface area contributed by atoms with Gasteiger partial charge in [-0.25, -0.2) is 0 Å². The Bertz CT molecular complexity index is 427. The molecule has 1 unspecified atom stereocenters. The van der Waals surface area contributed by atoms with Gasteiger partial charge in [0.25, 0.3) is 0 Å². The van der Waals surface area contributed by atoms with Gasteiger partial charge < -0.3 is 5.32 Å². The zero-order valence-electron chi connectivity index (χ0n) is 10.7. The summed E-state index contributed by atoms with van der Waals surface area (Å²) >= 11 is 0. The maximum atomic E-state index is 9.16. The Morgan fingerprint density at radius 3 is 2.82 bits per heavy atom. The molecule has 1 N–H and O–H groups in total. The fraction of sp³-hybridized carbons (Fsp3) is 0.533. The first kappa shape index (κ1) is 12.0. The van der Waals surface area contributed by atoms with Gasteiger partial charge >= 0.3 is 0 Å². The minimum absolute atomic E-state index is 0.453. The van der Waals surface area contributed by atoms with Crippen molar-refractivity contribution in [1.29, 1.82) is 5.26 Å². The molecule has 2 rings (SSSR count). The van der Waals surface area contributed by atoms with Gasteiger partial charge in [0, 0.05) is 6.04 Å². The summed E-state index contributed by atoms with van der Waals surface area (Å²) in [6, 6.07) is 8.74. The van der Waals surface area contributed by atoms with Gasteiger partial charge in [-0.1, -0.05) is 31.4 Å². The van der Waals surface area contributed by atoms with E-state index in [1.54, 1.807) is 0 Å². The average Bonchev–Trinajstić information content (AvgIpc) is 2.24. The number of nitriles is 1. The van der Waals surface area contributed by atoms with Crippen LogP contribution in [-0.2, 0) is 0 Å². The Balaban J connectivity index is 2.02. The van der Waals surface area contributed by atoms with E-state index in [4.69, 9.17) is 5.26 Å². The summed E-state index contributed by atoms with van der Waals surface area (Å²) in [5, 5.41) is 12.6. The predicted octanol–water partition coefficient (Wildman–Crippen LogP) is 3.86. The van der Waals surface area contributed by atoms with Crippen molar-refractivity contribution in [3.8, 4) is 6.07 Å². The number of aryl methyl sites for hydroxylation is 1. The van der Waals surface area contributed by atoms with Gasteiger partial charge in [0.2, 0.25) is 0 Å².